The van der Waals surface area contributed by atoms with E-state index in [1.807, 2.05) is 12.1 Å². The van der Waals surface area contributed by atoms with Crippen molar-refractivity contribution in [3.63, 3.8) is 0 Å². The van der Waals surface area contributed by atoms with Gasteiger partial charge in [-0.15, -0.1) is 0 Å². The first-order chi connectivity index (χ1) is 6.66. The number of nitrogens with two attached hydrogens (primary N) is 1. The first-order valence-corrected chi connectivity index (χ1v) is 5.70. The molecule has 2 nitrogen and oxygen atoms in total. The number of phenols is 1. The van der Waals surface area contributed by atoms with Gasteiger partial charge in [0, 0.05) is 16.1 Å². The molecule has 1 aromatic carbocycles. The Kier molecular flexibility index (Phi) is 2.79. The Morgan fingerprint density at radius 1 is 1.50 bits per heavy atom. The summed E-state index contributed by atoms with van der Waals surface area (Å²) in [5.74, 6) is 1.08. The third kappa shape index (κ3) is 2.28. The van der Waals surface area contributed by atoms with Crippen LogP contribution in [-0.2, 0) is 0 Å². The molecule has 1 atom stereocenters. The number of rotatable bonds is 3. The van der Waals surface area contributed by atoms with Crippen molar-refractivity contribution in [1.82, 2.24) is 0 Å². The van der Waals surface area contributed by atoms with E-state index in [1.54, 1.807) is 6.07 Å². The Morgan fingerprint density at radius 3 is 2.79 bits per heavy atom. The lowest BCUT2D eigenvalue weighted by Crippen LogP contribution is -2.11. The Bertz CT molecular complexity index is 336. The van der Waals surface area contributed by atoms with Crippen LogP contribution in [-0.4, -0.2) is 5.11 Å². The molecule has 1 aromatic rings. The molecule has 1 fully saturated rings. The monoisotopic (exact) mass is 255 g/mol. The first-order valence-electron chi connectivity index (χ1n) is 4.91. The van der Waals surface area contributed by atoms with E-state index in [1.165, 1.54) is 12.8 Å². The standard InChI is InChI=1S/C11H14BrNO/c12-8-3-4-9(11(14)6-8)10(13)5-7-1-2-7/h3-4,6-7,10,14H,1-2,5,13H2/t10-/m1/s1. The van der Waals surface area contributed by atoms with Gasteiger partial charge in [-0.05, 0) is 24.5 Å². The van der Waals surface area contributed by atoms with Crippen LogP contribution in [0.1, 0.15) is 30.9 Å². The normalized spacial score (nSPS) is 18.1. The summed E-state index contributed by atoms with van der Waals surface area (Å²) < 4.78 is 0.886. The van der Waals surface area contributed by atoms with E-state index in [-0.39, 0.29) is 6.04 Å². The summed E-state index contributed by atoms with van der Waals surface area (Å²) in [4.78, 5) is 0. The van der Waals surface area contributed by atoms with E-state index >= 15 is 0 Å². The van der Waals surface area contributed by atoms with E-state index in [4.69, 9.17) is 5.73 Å². The molecule has 0 radical (unpaired) electrons. The molecule has 14 heavy (non-hydrogen) atoms. The van der Waals surface area contributed by atoms with Crippen molar-refractivity contribution in [2.75, 3.05) is 0 Å². The molecule has 0 bridgehead atoms. The van der Waals surface area contributed by atoms with Crippen molar-refractivity contribution in [2.45, 2.75) is 25.3 Å². The molecule has 0 unspecified atom stereocenters. The fraction of sp³-hybridized carbons (Fsp3) is 0.455. The molecular weight excluding hydrogens is 242 g/mol. The summed E-state index contributed by atoms with van der Waals surface area (Å²) in [6, 6.07) is 5.49. The van der Waals surface area contributed by atoms with E-state index in [0.717, 1.165) is 22.4 Å². The van der Waals surface area contributed by atoms with Gasteiger partial charge in [0.1, 0.15) is 5.75 Å². The smallest absolute Gasteiger partial charge is 0.121 e. The summed E-state index contributed by atoms with van der Waals surface area (Å²) in [7, 11) is 0. The predicted octanol–water partition coefficient (Wildman–Crippen LogP) is 2.95. The minimum Gasteiger partial charge on any atom is -0.508 e. The minimum atomic E-state index is -0.0180. The van der Waals surface area contributed by atoms with Crippen LogP contribution in [0, 0.1) is 5.92 Å². The Balaban J connectivity index is 2.13. The van der Waals surface area contributed by atoms with Gasteiger partial charge in [0.2, 0.25) is 0 Å². The molecular formula is C11H14BrNO. The third-order valence-electron chi connectivity index (χ3n) is 2.68. The highest BCUT2D eigenvalue weighted by molar-refractivity contribution is 9.10. The van der Waals surface area contributed by atoms with Crippen molar-refractivity contribution < 1.29 is 5.11 Å². The molecule has 3 heteroatoms. The average molecular weight is 256 g/mol. The lowest BCUT2D eigenvalue weighted by molar-refractivity contribution is 0.455. The van der Waals surface area contributed by atoms with Crippen LogP contribution in [0.15, 0.2) is 22.7 Å². The summed E-state index contributed by atoms with van der Waals surface area (Å²) in [6.45, 7) is 0. The van der Waals surface area contributed by atoms with Gasteiger partial charge in [-0.2, -0.15) is 0 Å². The molecule has 0 heterocycles. The maximum Gasteiger partial charge on any atom is 0.121 e. The van der Waals surface area contributed by atoms with Gasteiger partial charge >= 0.3 is 0 Å². The van der Waals surface area contributed by atoms with E-state index in [9.17, 15) is 5.11 Å². The maximum atomic E-state index is 9.69. The van der Waals surface area contributed by atoms with Crippen LogP contribution in [0.3, 0.4) is 0 Å². The van der Waals surface area contributed by atoms with Crippen LogP contribution in [0.25, 0.3) is 0 Å². The highest BCUT2D eigenvalue weighted by atomic mass is 79.9. The maximum absolute atomic E-state index is 9.69. The number of halogens is 1. The van der Waals surface area contributed by atoms with Gasteiger partial charge in [0.15, 0.2) is 0 Å². The third-order valence-corrected chi connectivity index (χ3v) is 3.17. The largest absolute Gasteiger partial charge is 0.508 e. The topological polar surface area (TPSA) is 46.2 Å². The lowest BCUT2D eigenvalue weighted by Gasteiger charge is -2.13. The highest BCUT2D eigenvalue weighted by Crippen LogP contribution is 2.38. The van der Waals surface area contributed by atoms with Gasteiger partial charge in [0.05, 0.1) is 0 Å². The van der Waals surface area contributed by atoms with E-state index < -0.39 is 0 Å². The fourth-order valence-corrected chi connectivity index (χ4v) is 2.02. The van der Waals surface area contributed by atoms with Crippen LogP contribution in [0.4, 0.5) is 0 Å². The SMILES string of the molecule is N[C@H](CC1CC1)c1ccc(Br)cc1O. The molecule has 3 N–H and O–H groups in total. The highest BCUT2D eigenvalue weighted by Gasteiger charge is 2.25. The zero-order valence-corrected chi connectivity index (χ0v) is 9.50. The molecule has 1 aliphatic rings. The molecule has 76 valence electrons. The Morgan fingerprint density at radius 2 is 2.21 bits per heavy atom. The average Bonchev–Trinajstić information content (AvgIpc) is 2.87. The van der Waals surface area contributed by atoms with Crippen LogP contribution in [0.5, 0.6) is 5.75 Å². The molecule has 0 aromatic heterocycles. The molecule has 1 aliphatic carbocycles. The molecule has 0 aliphatic heterocycles. The van der Waals surface area contributed by atoms with Gasteiger partial charge < -0.3 is 10.8 Å². The summed E-state index contributed by atoms with van der Waals surface area (Å²) in [6.07, 6.45) is 3.59. The number of aromatic hydroxyl groups is 1. The predicted molar refractivity (Wildman–Crippen MR) is 60.1 cm³/mol. The van der Waals surface area contributed by atoms with E-state index in [0.29, 0.717) is 5.75 Å². The van der Waals surface area contributed by atoms with Gasteiger partial charge in [-0.3, -0.25) is 0 Å². The number of benzene rings is 1. The molecule has 0 amide bonds. The molecule has 2 rings (SSSR count). The number of hydrogen-bond acceptors (Lipinski definition) is 2. The van der Waals surface area contributed by atoms with Crippen LogP contribution < -0.4 is 5.73 Å². The molecule has 0 saturated heterocycles. The van der Waals surface area contributed by atoms with Crippen molar-refractivity contribution in [2.24, 2.45) is 11.7 Å². The van der Waals surface area contributed by atoms with Crippen molar-refractivity contribution >= 4 is 15.9 Å². The zero-order valence-electron chi connectivity index (χ0n) is 7.91. The van der Waals surface area contributed by atoms with Crippen LogP contribution in [0.2, 0.25) is 0 Å². The van der Waals surface area contributed by atoms with Crippen molar-refractivity contribution in [1.29, 1.82) is 0 Å². The second-order valence-corrected chi connectivity index (χ2v) is 4.90. The second kappa shape index (κ2) is 3.91. The lowest BCUT2D eigenvalue weighted by atomic mass is 10.0. The van der Waals surface area contributed by atoms with Crippen molar-refractivity contribution in [3.8, 4) is 5.75 Å². The fourth-order valence-electron chi connectivity index (χ4n) is 1.67. The first kappa shape index (κ1) is 9.99. The van der Waals surface area contributed by atoms with Crippen molar-refractivity contribution in [3.05, 3.63) is 28.2 Å². The summed E-state index contributed by atoms with van der Waals surface area (Å²) >= 11 is 3.31. The van der Waals surface area contributed by atoms with Gasteiger partial charge in [-0.25, -0.2) is 0 Å². The van der Waals surface area contributed by atoms with Gasteiger partial charge in [0.25, 0.3) is 0 Å². The summed E-state index contributed by atoms with van der Waals surface area (Å²) in [5.41, 5.74) is 6.87. The second-order valence-electron chi connectivity index (χ2n) is 3.99. The number of phenolic OH excluding ortho intramolecular Hbond substituents is 1. The molecule has 1 saturated carbocycles. The van der Waals surface area contributed by atoms with E-state index in [2.05, 4.69) is 15.9 Å². The van der Waals surface area contributed by atoms with Crippen LogP contribution >= 0.6 is 15.9 Å². The molecule has 0 spiro atoms. The minimum absolute atomic E-state index is 0.0180. The number of hydrogen-bond donors (Lipinski definition) is 2. The van der Waals surface area contributed by atoms with Gasteiger partial charge in [-0.1, -0.05) is 34.8 Å². The Hall–Kier alpha value is -0.540. The Labute approximate surface area is 92.3 Å². The zero-order chi connectivity index (χ0) is 10.1. The quantitative estimate of drug-likeness (QED) is 0.873. The summed E-state index contributed by atoms with van der Waals surface area (Å²) in [5, 5.41) is 9.69.